The van der Waals surface area contributed by atoms with Crippen LogP contribution in [0.5, 0.6) is 0 Å². The number of ketones is 1. The molecule has 2 rings (SSSR count). The number of allylic oxidation sites excluding steroid dienone is 1. The van der Waals surface area contributed by atoms with Crippen LogP contribution in [-0.4, -0.2) is 18.9 Å². The van der Waals surface area contributed by atoms with Gasteiger partial charge in [-0.05, 0) is 25.3 Å². The minimum atomic E-state index is -0.609. The number of Topliss-reactive ketones (excluding diaryl/α,β-unsaturated/α-hetero) is 1. The fourth-order valence-corrected chi connectivity index (χ4v) is 2.25. The van der Waals surface area contributed by atoms with Gasteiger partial charge in [-0.2, -0.15) is 0 Å². The Labute approximate surface area is 106 Å². The predicted molar refractivity (Wildman–Crippen MR) is 68.4 cm³/mol. The Bertz CT molecular complexity index is 516. The lowest BCUT2D eigenvalue weighted by molar-refractivity contribution is -0.134. The molecule has 0 aromatic heterocycles. The van der Waals surface area contributed by atoms with E-state index in [4.69, 9.17) is 0 Å². The molecule has 0 fully saturated rings. The molecule has 1 aromatic rings. The molecule has 0 spiro atoms. The quantitative estimate of drug-likeness (QED) is 0.593. The molecule has 3 nitrogen and oxygen atoms in total. The van der Waals surface area contributed by atoms with Crippen molar-refractivity contribution < 1.29 is 14.3 Å². The zero-order valence-corrected chi connectivity index (χ0v) is 10.6. The van der Waals surface area contributed by atoms with Gasteiger partial charge in [-0.15, -0.1) is 0 Å². The number of hydrogen-bond acceptors (Lipinski definition) is 3. The van der Waals surface area contributed by atoms with E-state index in [0.717, 1.165) is 24.0 Å². The van der Waals surface area contributed by atoms with Crippen LogP contribution in [-0.2, 0) is 16.0 Å². The second-order valence-corrected chi connectivity index (χ2v) is 4.76. The molecule has 0 heterocycles. The fourth-order valence-electron chi connectivity index (χ4n) is 2.25. The van der Waals surface area contributed by atoms with Gasteiger partial charge in [0.1, 0.15) is 0 Å². The molecule has 94 valence electrons. The second-order valence-electron chi connectivity index (χ2n) is 4.76. The standard InChI is InChI=1S/C15H16O3/c1-15(10-8-13(16)18-2)9-7-11-5-3-4-6-12(11)14(15)17/h3-6,8,10H,7,9H2,1-2H3/b10-8+. The van der Waals surface area contributed by atoms with Gasteiger partial charge in [-0.1, -0.05) is 30.3 Å². The molecule has 0 aliphatic heterocycles. The van der Waals surface area contributed by atoms with Gasteiger partial charge < -0.3 is 4.74 Å². The average molecular weight is 244 g/mol. The van der Waals surface area contributed by atoms with Gasteiger partial charge in [0.25, 0.3) is 0 Å². The largest absolute Gasteiger partial charge is 0.466 e. The molecule has 3 heteroatoms. The first-order valence-electron chi connectivity index (χ1n) is 5.97. The molecule has 1 aliphatic rings. The summed E-state index contributed by atoms with van der Waals surface area (Å²) >= 11 is 0. The summed E-state index contributed by atoms with van der Waals surface area (Å²) in [6.07, 6.45) is 4.57. The predicted octanol–water partition coefficient (Wildman–Crippen LogP) is 2.55. The Hall–Kier alpha value is -1.90. The first kappa shape index (κ1) is 12.6. The molecular weight excluding hydrogens is 228 g/mol. The number of carbonyl (C=O) groups is 2. The molecule has 18 heavy (non-hydrogen) atoms. The molecule has 0 bridgehead atoms. The van der Waals surface area contributed by atoms with E-state index in [-0.39, 0.29) is 5.78 Å². The number of carbonyl (C=O) groups excluding carboxylic acids is 2. The first-order valence-corrected chi connectivity index (χ1v) is 5.97. The van der Waals surface area contributed by atoms with Gasteiger partial charge in [-0.25, -0.2) is 4.79 Å². The van der Waals surface area contributed by atoms with E-state index >= 15 is 0 Å². The number of benzene rings is 1. The zero-order chi connectivity index (χ0) is 13.2. The Kier molecular flexibility index (Phi) is 3.32. The summed E-state index contributed by atoms with van der Waals surface area (Å²) in [7, 11) is 1.33. The summed E-state index contributed by atoms with van der Waals surface area (Å²) in [5.74, 6) is -0.354. The highest BCUT2D eigenvalue weighted by atomic mass is 16.5. The summed E-state index contributed by atoms with van der Waals surface area (Å²) in [6, 6.07) is 7.64. The third kappa shape index (κ3) is 2.21. The van der Waals surface area contributed by atoms with Crippen molar-refractivity contribution in [3.8, 4) is 0 Å². The molecule has 0 amide bonds. The van der Waals surface area contributed by atoms with Crippen molar-refractivity contribution in [1.82, 2.24) is 0 Å². The smallest absolute Gasteiger partial charge is 0.330 e. The Morgan fingerprint density at radius 1 is 1.39 bits per heavy atom. The topological polar surface area (TPSA) is 43.4 Å². The highest BCUT2D eigenvalue weighted by Crippen LogP contribution is 2.36. The van der Waals surface area contributed by atoms with Crippen LogP contribution in [0.25, 0.3) is 0 Å². The van der Waals surface area contributed by atoms with Crippen LogP contribution in [0.15, 0.2) is 36.4 Å². The van der Waals surface area contributed by atoms with Gasteiger partial charge in [-0.3, -0.25) is 4.79 Å². The number of rotatable bonds is 2. The van der Waals surface area contributed by atoms with Crippen LogP contribution in [0.4, 0.5) is 0 Å². The summed E-state index contributed by atoms with van der Waals surface area (Å²) in [5.41, 5.74) is 1.25. The van der Waals surface area contributed by atoms with Crippen molar-refractivity contribution >= 4 is 11.8 Å². The average Bonchev–Trinajstić information content (AvgIpc) is 2.41. The van der Waals surface area contributed by atoms with Gasteiger partial charge in [0, 0.05) is 17.1 Å². The van der Waals surface area contributed by atoms with Gasteiger partial charge >= 0.3 is 5.97 Å². The van der Waals surface area contributed by atoms with Crippen LogP contribution in [0.1, 0.15) is 29.3 Å². The van der Waals surface area contributed by atoms with Crippen molar-refractivity contribution in [2.45, 2.75) is 19.8 Å². The normalized spacial score (nSPS) is 22.9. The summed E-state index contributed by atoms with van der Waals surface area (Å²) < 4.78 is 4.55. The van der Waals surface area contributed by atoms with Gasteiger partial charge in [0.2, 0.25) is 0 Å². The van der Waals surface area contributed by atoms with Gasteiger partial charge in [0.05, 0.1) is 7.11 Å². The van der Waals surface area contributed by atoms with Crippen LogP contribution in [0, 0.1) is 5.41 Å². The summed E-state index contributed by atoms with van der Waals surface area (Å²) in [6.45, 7) is 1.87. The number of methoxy groups -OCH3 is 1. The number of ether oxygens (including phenoxy) is 1. The molecule has 1 atom stereocenters. The van der Waals surface area contributed by atoms with E-state index in [1.165, 1.54) is 13.2 Å². The highest BCUT2D eigenvalue weighted by molar-refractivity contribution is 6.04. The molecule has 0 saturated carbocycles. The Balaban J connectivity index is 2.30. The van der Waals surface area contributed by atoms with Crippen molar-refractivity contribution in [2.24, 2.45) is 5.41 Å². The van der Waals surface area contributed by atoms with Crippen molar-refractivity contribution in [3.05, 3.63) is 47.5 Å². The molecule has 1 unspecified atom stereocenters. The minimum Gasteiger partial charge on any atom is -0.466 e. The van der Waals surface area contributed by atoms with Crippen LogP contribution >= 0.6 is 0 Å². The van der Waals surface area contributed by atoms with E-state index in [1.807, 2.05) is 31.2 Å². The van der Waals surface area contributed by atoms with Gasteiger partial charge in [0.15, 0.2) is 5.78 Å². The third-order valence-electron chi connectivity index (χ3n) is 3.48. The van der Waals surface area contributed by atoms with Crippen LogP contribution in [0.2, 0.25) is 0 Å². The third-order valence-corrected chi connectivity index (χ3v) is 3.48. The lowest BCUT2D eigenvalue weighted by atomic mass is 9.71. The Morgan fingerprint density at radius 2 is 2.11 bits per heavy atom. The molecular formula is C15H16O3. The molecule has 0 N–H and O–H groups in total. The molecule has 1 aliphatic carbocycles. The SMILES string of the molecule is COC(=O)/C=C/C1(C)CCc2ccccc2C1=O. The number of hydrogen-bond donors (Lipinski definition) is 0. The molecule has 0 radical (unpaired) electrons. The minimum absolute atomic E-state index is 0.0736. The first-order chi connectivity index (χ1) is 8.57. The fraction of sp³-hybridized carbons (Fsp3) is 0.333. The monoisotopic (exact) mass is 244 g/mol. The van der Waals surface area contributed by atoms with Crippen molar-refractivity contribution in [2.75, 3.05) is 7.11 Å². The summed E-state index contributed by atoms with van der Waals surface area (Å²) in [4.78, 5) is 23.6. The lowest BCUT2D eigenvalue weighted by Crippen LogP contribution is -2.31. The van der Waals surface area contributed by atoms with E-state index in [1.54, 1.807) is 6.08 Å². The number of esters is 1. The maximum Gasteiger partial charge on any atom is 0.330 e. The number of aryl methyl sites for hydroxylation is 1. The van der Waals surface area contributed by atoms with E-state index in [0.29, 0.717) is 0 Å². The number of fused-ring (bicyclic) bond motifs is 1. The van der Waals surface area contributed by atoms with E-state index < -0.39 is 11.4 Å². The summed E-state index contributed by atoms with van der Waals surface area (Å²) in [5, 5.41) is 0. The van der Waals surface area contributed by atoms with E-state index in [9.17, 15) is 9.59 Å². The van der Waals surface area contributed by atoms with Crippen LogP contribution < -0.4 is 0 Å². The van der Waals surface area contributed by atoms with Crippen molar-refractivity contribution in [1.29, 1.82) is 0 Å². The zero-order valence-electron chi connectivity index (χ0n) is 10.6. The highest BCUT2D eigenvalue weighted by Gasteiger charge is 2.36. The van der Waals surface area contributed by atoms with Crippen molar-refractivity contribution in [3.63, 3.8) is 0 Å². The van der Waals surface area contributed by atoms with E-state index in [2.05, 4.69) is 4.74 Å². The van der Waals surface area contributed by atoms with Crippen LogP contribution in [0.3, 0.4) is 0 Å². The molecule has 0 saturated heterocycles. The second kappa shape index (κ2) is 4.77. The maximum atomic E-state index is 12.4. The Morgan fingerprint density at radius 3 is 2.83 bits per heavy atom. The molecule has 1 aromatic carbocycles. The lowest BCUT2D eigenvalue weighted by Gasteiger charge is -2.30. The maximum absolute atomic E-state index is 12.4.